The molecule has 0 amide bonds. The maximum Gasteiger partial charge on any atom is 0.340 e. The van der Waals surface area contributed by atoms with E-state index in [9.17, 15) is 15.0 Å². The molecule has 0 aromatic heterocycles. The second kappa shape index (κ2) is 6.88. The van der Waals surface area contributed by atoms with E-state index < -0.39 is 17.3 Å². The summed E-state index contributed by atoms with van der Waals surface area (Å²) in [7, 11) is 0. The van der Waals surface area contributed by atoms with Gasteiger partial charge in [-0.3, -0.25) is 0 Å². The minimum absolute atomic E-state index is 0.0137. The van der Waals surface area contributed by atoms with E-state index in [0.29, 0.717) is 0 Å². The van der Waals surface area contributed by atoms with Crippen molar-refractivity contribution >= 4 is 75.6 Å². The molecule has 0 aliphatic carbocycles. The van der Waals surface area contributed by atoms with Crippen LogP contribution in [0.25, 0.3) is 0 Å². The molecule has 0 bridgehead atoms. The van der Waals surface area contributed by atoms with Gasteiger partial charge in [0.1, 0.15) is 21.5 Å². The Balaban J connectivity index is 2.03. The van der Waals surface area contributed by atoms with Crippen LogP contribution in [0, 0.1) is 0 Å². The van der Waals surface area contributed by atoms with Crippen LogP contribution in [0.2, 0.25) is 30.1 Å². The first-order chi connectivity index (χ1) is 14.6. The van der Waals surface area contributed by atoms with Gasteiger partial charge in [-0.1, -0.05) is 69.6 Å². The number of rotatable bonds is 0. The van der Waals surface area contributed by atoms with Gasteiger partial charge in [0, 0.05) is 17.2 Å². The third kappa shape index (κ3) is 2.62. The maximum atomic E-state index is 13.0. The van der Waals surface area contributed by atoms with Crippen molar-refractivity contribution in [3.8, 4) is 23.0 Å². The summed E-state index contributed by atoms with van der Waals surface area (Å²) in [6.07, 6.45) is 0. The number of halogens is 6. The number of benzene rings is 3. The summed E-state index contributed by atoms with van der Waals surface area (Å²) >= 11 is 38.0. The fourth-order valence-electron chi connectivity index (χ4n) is 3.88. The number of hydrogen-bond acceptors (Lipinski definition) is 5. The van der Waals surface area contributed by atoms with Crippen molar-refractivity contribution in [2.45, 2.75) is 5.60 Å². The lowest BCUT2D eigenvalue weighted by Crippen LogP contribution is -2.34. The molecule has 0 radical (unpaired) electrons. The molecule has 2 heterocycles. The Morgan fingerprint density at radius 3 is 2.19 bits per heavy atom. The number of phenolic OH excluding ortho intramolecular Hbond substituents is 2. The van der Waals surface area contributed by atoms with Crippen LogP contribution in [0.4, 0.5) is 0 Å². The fraction of sp³-hybridized carbons (Fsp3) is 0.0500. The summed E-state index contributed by atoms with van der Waals surface area (Å²) in [6, 6.07) is 5.45. The van der Waals surface area contributed by atoms with Crippen LogP contribution >= 0.6 is 69.6 Å². The highest BCUT2D eigenvalue weighted by Gasteiger charge is 2.57. The van der Waals surface area contributed by atoms with Crippen LogP contribution in [0.5, 0.6) is 23.0 Å². The van der Waals surface area contributed by atoms with E-state index in [2.05, 4.69) is 0 Å². The Morgan fingerprint density at radius 1 is 0.806 bits per heavy atom. The fourth-order valence-corrected chi connectivity index (χ4v) is 5.39. The lowest BCUT2D eigenvalue weighted by Gasteiger charge is -2.38. The molecule has 1 spiro atoms. The molecule has 5 nitrogen and oxygen atoms in total. The number of aromatic hydroxyl groups is 2. The van der Waals surface area contributed by atoms with E-state index >= 15 is 0 Å². The monoisotopic (exact) mass is 536 g/mol. The molecule has 2 aliphatic rings. The summed E-state index contributed by atoms with van der Waals surface area (Å²) in [5, 5.41) is 19.5. The average Bonchev–Trinajstić information content (AvgIpc) is 3.00. The molecule has 5 rings (SSSR count). The van der Waals surface area contributed by atoms with Crippen molar-refractivity contribution < 1.29 is 24.5 Å². The number of carbonyl (C=O) groups excluding carboxylic acids is 1. The highest BCUT2D eigenvalue weighted by molar-refractivity contribution is 6.49. The van der Waals surface area contributed by atoms with E-state index in [1.54, 1.807) is 0 Å². The zero-order valence-corrected chi connectivity index (χ0v) is 19.2. The first kappa shape index (κ1) is 21.1. The topological polar surface area (TPSA) is 76.0 Å². The van der Waals surface area contributed by atoms with Crippen molar-refractivity contribution in [2.75, 3.05) is 0 Å². The number of fused-ring (bicyclic) bond motifs is 6. The predicted octanol–water partition coefficient (Wildman–Crippen LogP) is 7.59. The molecule has 0 saturated carbocycles. The highest BCUT2D eigenvalue weighted by Crippen LogP contribution is 2.64. The second-order valence-electron chi connectivity index (χ2n) is 6.76. The lowest BCUT2D eigenvalue weighted by molar-refractivity contribution is 0.0225. The summed E-state index contributed by atoms with van der Waals surface area (Å²) < 4.78 is 11.7. The minimum Gasteiger partial charge on any atom is -0.508 e. The quantitative estimate of drug-likeness (QED) is 0.175. The van der Waals surface area contributed by atoms with Crippen LogP contribution in [-0.2, 0) is 10.3 Å². The smallest absolute Gasteiger partial charge is 0.340 e. The molecule has 3 aromatic carbocycles. The van der Waals surface area contributed by atoms with Gasteiger partial charge in [-0.2, -0.15) is 0 Å². The lowest BCUT2D eigenvalue weighted by atomic mass is 9.77. The average molecular weight is 539 g/mol. The van der Waals surface area contributed by atoms with E-state index in [0.717, 1.165) is 0 Å². The molecule has 31 heavy (non-hydrogen) atoms. The van der Waals surface area contributed by atoms with Gasteiger partial charge in [0.15, 0.2) is 17.1 Å². The third-order valence-electron chi connectivity index (χ3n) is 5.14. The van der Waals surface area contributed by atoms with Crippen molar-refractivity contribution in [3.05, 3.63) is 76.7 Å². The van der Waals surface area contributed by atoms with Gasteiger partial charge >= 0.3 is 5.97 Å². The van der Waals surface area contributed by atoms with Crippen LogP contribution < -0.4 is 4.74 Å². The maximum absolute atomic E-state index is 13.0. The number of hydrogen-bond donors (Lipinski definition) is 2. The molecule has 11 heteroatoms. The van der Waals surface area contributed by atoms with Crippen LogP contribution in [0.15, 0.2) is 24.3 Å². The number of carbonyl (C=O) groups is 1. The molecule has 2 N–H and O–H groups in total. The van der Waals surface area contributed by atoms with Gasteiger partial charge in [-0.15, -0.1) is 0 Å². The van der Waals surface area contributed by atoms with Gasteiger partial charge in [0.2, 0.25) is 0 Å². The Morgan fingerprint density at radius 2 is 1.48 bits per heavy atom. The molecule has 1 unspecified atom stereocenters. The van der Waals surface area contributed by atoms with Crippen LogP contribution in [-0.4, -0.2) is 16.2 Å². The predicted molar refractivity (Wildman–Crippen MR) is 118 cm³/mol. The Kier molecular flexibility index (Phi) is 4.69. The van der Waals surface area contributed by atoms with E-state index in [-0.39, 0.29) is 69.6 Å². The van der Waals surface area contributed by atoms with Gasteiger partial charge in [0.25, 0.3) is 0 Å². The Bertz CT molecular complexity index is 1360. The van der Waals surface area contributed by atoms with Gasteiger partial charge in [0.05, 0.1) is 31.2 Å². The molecule has 0 saturated heterocycles. The van der Waals surface area contributed by atoms with Gasteiger partial charge in [-0.05, 0) is 18.2 Å². The van der Waals surface area contributed by atoms with Crippen molar-refractivity contribution in [1.82, 2.24) is 0 Å². The Hall–Kier alpha value is -1.73. The summed E-state index contributed by atoms with van der Waals surface area (Å²) in [6.45, 7) is 0. The molecule has 2 aliphatic heterocycles. The van der Waals surface area contributed by atoms with Crippen molar-refractivity contribution in [2.24, 2.45) is 0 Å². The number of phenols is 2. The molecular formula is C20H6Cl6O5. The molecule has 158 valence electrons. The zero-order valence-electron chi connectivity index (χ0n) is 14.7. The SMILES string of the molecule is O=C1OC2(c3ccc(O)cc3Oc3c(Cl)c(O)c(Cl)c(Cl)c32)c2c1cc(Cl)c(Cl)c2Cl. The van der Waals surface area contributed by atoms with Crippen LogP contribution in [0.1, 0.15) is 27.0 Å². The largest absolute Gasteiger partial charge is 0.508 e. The summed E-state index contributed by atoms with van der Waals surface area (Å²) in [5.74, 6) is -1.48. The van der Waals surface area contributed by atoms with Crippen LogP contribution in [0.3, 0.4) is 0 Å². The molecule has 0 fully saturated rings. The van der Waals surface area contributed by atoms with Crippen molar-refractivity contribution in [3.63, 3.8) is 0 Å². The minimum atomic E-state index is -1.80. The standard InChI is InChI=1S/C20H6Cl6O5/c21-8-4-6-10(13(23)12(8)22)20(31-19(6)29)7-2-1-5(27)3-9(7)30-18-11(20)14(24)15(25)17(28)16(18)26/h1-4,27-28H. The van der Waals surface area contributed by atoms with E-state index in [1.165, 1.54) is 24.3 Å². The normalized spacial score (nSPS) is 18.3. The third-order valence-corrected chi connectivity index (χ3v) is 7.60. The van der Waals surface area contributed by atoms with E-state index in [4.69, 9.17) is 79.1 Å². The summed E-state index contributed by atoms with van der Waals surface area (Å²) in [4.78, 5) is 13.0. The molecular weight excluding hydrogens is 533 g/mol. The first-order valence-corrected chi connectivity index (χ1v) is 10.7. The summed E-state index contributed by atoms with van der Waals surface area (Å²) in [5.41, 5.74) is -1.31. The Labute approximate surface area is 204 Å². The van der Waals surface area contributed by atoms with Gasteiger partial charge < -0.3 is 19.7 Å². The second-order valence-corrected chi connectivity index (χ2v) is 9.05. The molecule has 1 atom stereocenters. The van der Waals surface area contributed by atoms with E-state index in [1.807, 2.05) is 0 Å². The van der Waals surface area contributed by atoms with Gasteiger partial charge in [-0.25, -0.2) is 4.79 Å². The highest BCUT2D eigenvalue weighted by atomic mass is 35.5. The zero-order chi connectivity index (χ0) is 22.4. The van der Waals surface area contributed by atoms with Crippen molar-refractivity contribution in [1.29, 1.82) is 0 Å². The molecule has 3 aromatic rings. The number of esters is 1. The first-order valence-electron chi connectivity index (χ1n) is 8.42. The number of ether oxygens (including phenoxy) is 2.